The van der Waals surface area contributed by atoms with Gasteiger partial charge in [0.25, 0.3) is 0 Å². The van der Waals surface area contributed by atoms with Crippen molar-refractivity contribution in [1.82, 2.24) is 0 Å². The molecular weight excluding hydrogens is 167 g/mol. The van der Waals surface area contributed by atoms with Gasteiger partial charge in [0, 0.05) is 0 Å². The molecule has 1 aromatic rings. The zero-order chi connectivity index (χ0) is 7.97. The van der Waals surface area contributed by atoms with E-state index < -0.39 is 0 Å². The van der Waals surface area contributed by atoms with E-state index in [0.717, 1.165) is 6.42 Å². The molecule has 0 heterocycles. The van der Waals surface area contributed by atoms with Crippen molar-refractivity contribution in [2.24, 2.45) is 0 Å². The fraction of sp³-hybridized carbons (Fsp3) is 0.0833. The second-order valence-corrected chi connectivity index (χ2v) is 3.24. The van der Waals surface area contributed by atoms with E-state index in [2.05, 4.69) is 42.8 Å². The van der Waals surface area contributed by atoms with Crippen LogP contribution in [0.5, 0.6) is 0 Å². The van der Waals surface area contributed by atoms with E-state index in [4.69, 9.17) is 0 Å². The van der Waals surface area contributed by atoms with Crippen molar-refractivity contribution in [2.45, 2.75) is 6.42 Å². The number of benzene rings is 1. The number of allylic oxidation sites excluding steroid dienone is 4. The molecule has 0 aromatic heterocycles. The van der Waals surface area contributed by atoms with Crippen LogP contribution in [0.15, 0.2) is 36.4 Å². The largest absolute Gasteiger partial charge is 1.00 e. The van der Waals surface area contributed by atoms with Gasteiger partial charge < -0.3 is 0 Å². The van der Waals surface area contributed by atoms with Crippen molar-refractivity contribution in [1.29, 1.82) is 0 Å². The summed E-state index contributed by atoms with van der Waals surface area (Å²) in [4.78, 5) is 0. The average molecular weight is 176 g/mol. The van der Waals surface area contributed by atoms with Crippen molar-refractivity contribution >= 4 is 11.1 Å². The van der Waals surface area contributed by atoms with Gasteiger partial charge in [-0.05, 0) is 0 Å². The minimum atomic E-state index is 0. The van der Waals surface area contributed by atoms with E-state index in [-0.39, 0.29) is 29.6 Å². The molecule has 0 nitrogen and oxygen atoms in total. The van der Waals surface area contributed by atoms with Gasteiger partial charge in [-0.3, -0.25) is 0 Å². The van der Waals surface area contributed by atoms with Gasteiger partial charge in [0.15, 0.2) is 0 Å². The number of fused-ring (bicyclic) bond motifs is 3. The quantitative estimate of drug-likeness (QED) is 0.388. The smallest absolute Gasteiger partial charge is 0.159 e. The molecule has 0 N–H and O–H groups in total. The minimum absolute atomic E-state index is 0. The molecule has 1 aromatic carbocycles. The first kappa shape index (κ1) is 9.14. The van der Waals surface area contributed by atoms with E-state index in [0.29, 0.717) is 0 Å². The summed E-state index contributed by atoms with van der Waals surface area (Å²) in [6.45, 7) is 0. The molecule has 0 fully saturated rings. The molecule has 0 radical (unpaired) electrons. The Hall–Kier alpha value is -0.430. The van der Waals surface area contributed by atoms with Crippen LogP contribution in [0.1, 0.15) is 17.5 Å². The Morgan fingerprint density at radius 1 is 1.08 bits per heavy atom. The van der Waals surface area contributed by atoms with Gasteiger partial charge in [0.1, 0.15) is 0 Å². The van der Waals surface area contributed by atoms with Gasteiger partial charge in [-0.1, -0.05) is 36.2 Å². The van der Waals surface area contributed by atoms with Crippen LogP contribution in [0.25, 0.3) is 11.1 Å². The number of hydrogen-bond donors (Lipinski definition) is 0. The van der Waals surface area contributed by atoms with Gasteiger partial charge in [-0.2, -0.15) is 6.08 Å². The summed E-state index contributed by atoms with van der Waals surface area (Å²) in [6.07, 6.45) is 7.69. The standard InChI is InChI=1S/C12H9.Na/c1-2-6-10-9(5-1)11-7-3-4-8-12(10)11;/h1-7H,8H2;/q-1;+1. The molecule has 0 bridgehead atoms. The Morgan fingerprint density at radius 2 is 1.85 bits per heavy atom. The van der Waals surface area contributed by atoms with Crippen LogP contribution in [-0.2, 0) is 0 Å². The van der Waals surface area contributed by atoms with Gasteiger partial charge in [0.05, 0.1) is 0 Å². The molecular formula is C12H9Na. The summed E-state index contributed by atoms with van der Waals surface area (Å²) >= 11 is 0. The SMILES string of the molecule is C1=CCC2=C([CH-]1)c1ccccc12.[Na+]. The molecule has 0 spiro atoms. The van der Waals surface area contributed by atoms with Crippen LogP contribution >= 0.6 is 0 Å². The molecule has 0 aliphatic heterocycles. The first-order valence-electron chi connectivity index (χ1n) is 4.29. The molecule has 2 aliphatic rings. The molecule has 1 heteroatoms. The maximum Gasteiger partial charge on any atom is 1.00 e. The first-order chi connectivity index (χ1) is 5.97. The van der Waals surface area contributed by atoms with Crippen molar-refractivity contribution in [3.8, 4) is 0 Å². The van der Waals surface area contributed by atoms with Crippen molar-refractivity contribution in [2.75, 3.05) is 0 Å². The fourth-order valence-corrected chi connectivity index (χ4v) is 1.99. The van der Waals surface area contributed by atoms with E-state index in [9.17, 15) is 0 Å². The van der Waals surface area contributed by atoms with Gasteiger partial charge in [-0.15, -0.1) is 29.2 Å². The molecule has 0 unspecified atom stereocenters. The average Bonchev–Trinajstić information content (AvgIpc) is 2.14. The predicted molar refractivity (Wildman–Crippen MR) is 51.3 cm³/mol. The topological polar surface area (TPSA) is 0 Å². The zero-order valence-electron chi connectivity index (χ0n) is 7.75. The molecule has 2 aliphatic carbocycles. The molecule has 0 atom stereocenters. The third-order valence-corrected chi connectivity index (χ3v) is 2.59. The second kappa shape index (κ2) is 3.38. The Labute approximate surface area is 101 Å². The van der Waals surface area contributed by atoms with Crippen LogP contribution < -0.4 is 29.6 Å². The van der Waals surface area contributed by atoms with Crippen molar-refractivity contribution < 1.29 is 29.6 Å². The molecule has 0 saturated carbocycles. The summed E-state index contributed by atoms with van der Waals surface area (Å²) in [5, 5.41) is 0. The summed E-state index contributed by atoms with van der Waals surface area (Å²) in [5.74, 6) is 0. The maximum atomic E-state index is 2.22. The van der Waals surface area contributed by atoms with Gasteiger partial charge in [0.2, 0.25) is 0 Å². The Kier molecular flexibility index (Phi) is 2.37. The molecule has 3 rings (SSSR count). The van der Waals surface area contributed by atoms with Crippen LogP contribution in [0, 0.1) is 6.42 Å². The van der Waals surface area contributed by atoms with E-state index in [1.807, 2.05) is 0 Å². The molecule has 13 heavy (non-hydrogen) atoms. The van der Waals surface area contributed by atoms with Gasteiger partial charge in [-0.25, -0.2) is 0 Å². The normalized spacial score (nSPS) is 16.3. The molecule has 0 saturated heterocycles. The van der Waals surface area contributed by atoms with Crippen LogP contribution in [0.2, 0.25) is 0 Å². The summed E-state index contributed by atoms with van der Waals surface area (Å²) in [6, 6.07) is 8.63. The zero-order valence-corrected chi connectivity index (χ0v) is 9.75. The minimum Gasteiger partial charge on any atom is -0.159 e. The van der Waals surface area contributed by atoms with Gasteiger partial charge >= 0.3 is 29.6 Å². The van der Waals surface area contributed by atoms with Crippen LogP contribution in [0.3, 0.4) is 0 Å². The predicted octanol–water partition coefficient (Wildman–Crippen LogP) is 0.0790. The summed E-state index contributed by atoms with van der Waals surface area (Å²) in [7, 11) is 0. The Morgan fingerprint density at radius 3 is 2.69 bits per heavy atom. The van der Waals surface area contributed by atoms with E-state index in [1.165, 1.54) is 22.3 Å². The summed E-state index contributed by atoms with van der Waals surface area (Å²) in [5.41, 5.74) is 5.85. The second-order valence-electron chi connectivity index (χ2n) is 3.24. The molecule has 58 valence electrons. The molecule has 0 amide bonds. The van der Waals surface area contributed by atoms with Crippen molar-refractivity contribution in [3.63, 3.8) is 0 Å². The fourth-order valence-electron chi connectivity index (χ4n) is 1.99. The monoisotopic (exact) mass is 176 g/mol. The maximum absolute atomic E-state index is 2.22. The van der Waals surface area contributed by atoms with Crippen molar-refractivity contribution in [3.05, 3.63) is 54.0 Å². The number of hydrogen-bond acceptors (Lipinski definition) is 0. The third kappa shape index (κ3) is 1.21. The number of rotatable bonds is 0. The van der Waals surface area contributed by atoms with Crippen LogP contribution in [0.4, 0.5) is 0 Å². The van der Waals surface area contributed by atoms with E-state index >= 15 is 0 Å². The third-order valence-electron chi connectivity index (χ3n) is 2.59. The van der Waals surface area contributed by atoms with E-state index in [1.54, 1.807) is 0 Å². The van der Waals surface area contributed by atoms with Crippen LogP contribution in [-0.4, -0.2) is 0 Å². The Bertz CT molecular complexity index is 362. The first-order valence-corrected chi connectivity index (χ1v) is 4.29. The summed E-state index contributed by atoms with van der Waals surface area (Å²) < 4.78 is 0. The Balaban J connectivity index is 0.000000653.